The fourth-order valence-corrected chi connectivity index (χ4v) is 4.96. The quantitative estimate of drug-likeness (QED) is 0.576. The molecule has 5 rings (SSSR count). The molecule has 2 heterocycles. The molecule has 2 amide bonds. The smallest absolute Gasteiger partial charge is 0.411 e. The van der Waals surface area contributed by atoms with E-state index in [0.717, 1.165) is 22.3 Å². The van der Waals surface area contributed by atoms with Crippen LogP contribution < -0.4 is 5.32 Å². The van der Waals surface area contributed by atoms with Gasteiger partial charge in [0.15, 0.2) is 0 Å². The van der Waals surface area contributed by atoms with Gasteiger partial charge in [-0.15, -0.1) is 0 Å². The average molecular weight is 472 g/mol. The van der Waals surface area contributed by atoms with Crippen molar-refractivity contribution >= 4 is 23.7 Å². The van der Waals surface area contributed by atoms with E-state index in [0.29, 0.717) is 12.2 Å². The van der Waals surface area contributed by atoms with Crippen molar-refractivity contribution < 1.29 is 24.2 Å². The number of carboxylic acid groups (broad SMARTS) is 1. The summed E-state index contributed by atoms with van der Waals surface area (Å²) in [7, 11) is 0. The van der Waals surface area contributed by atoms with E-state index in [1.165, 1.54) is 17.2 Å². The highest BCUT2D eigenvalue weighted by molar-refractivity contribution is 5.93. The number of carbonyl (C=O) groups excluding carboxylic acids is 2. The second-order valence-corrected chi connectivity index (χ2v) is 9.01. The number of hydrogen-bond acceptors (Lipinski definition) is 5. The van der Waals surface area contributed by atoms with E-state index in [2.05, 4.69) is 34.6 Å². The maximum Gasteiger partial charge on any atom is 0.411 e. The number of ether oxygens (including phenoxy) is 1. The molecule has 2 unspecified atom stereocenters. The summed E-state index contributed by atoms with van der Waals surface area (Å²) in [5.41, 5.74) is 5.17. The SMILES string of the molecule is CC1CN(C(=O)c2ccc(NC(=O)OCC3c4ccccc4-c4ccccc43)cn2)CC1C(=O)O. The zero-order valence-electron chi connectivity index (χ0n) is 19.2. The second kappa shape index (κ2) is 9.21. The highest BCUT2D eigenvalue weighted by atomic mass is 16.5. The molecule has 8 nitrogen and oxygen atoms in total. The number of nitrogens with zero attached hydrogens (tertiary/aromatic N) is 2. The lowest BCUT2D eigenvalue weighted by atomic mass is 9.98. The molecule has 2 aromatic carbocycles. The fraction of sp³-hybridized carbons (Fsp3) is 0.259. The Hall–Kier alpha value is -4.20. The predicted octanol–water partition coefficient (Wildman–Crippen LogP) is 4.24. The monoisotopic (exact) mass is 471 g/mol. The third kappa shape index (κ3) is 4.35. The number of rotatable bonds is 5. The largest absolute Gasteiger partial charge is 0.481 e. The Labute approximate surface area is 202 Å². The lowest BCUT2D eigenvalue weighted by molar-refractivity contribution is -0.142. The number of pyridine rings is 1. The highest BCUT2D eigenvalue weighted by Crippen LogP contribution is 2.44. The molecule has 0 bridgehead atoms. The molecule has 1 aliphatic heterocycles. The molecule has 0 radical (unpaired) electrons. The van der Waals surface area contributed by atoms with Crippen LogP contribution in [0, 0.1) is 11.8 Å². The van der Waals surface area contributed by atoms with E-state index < -0.39 is 18.0 Å². The molecule has 2 aliphatic rings. The van der Waals surface area contributed by atoms with Gasteiger partial charge in [-0.2, -0.15) is 0 Å². The number of nitrogens with one attached hydrogen (secondary N) is 1. The molecule has 0 spiro atoms. The Morgan fingerprint density at radius 2 is 1.66 bits per heavy atom. The van der Waals surface area contributed by atoms with Gasteiger partial charge in [0.2, 0.25) is 0 Å². The van der Waals surface area contributed by atoms with Crippen molar-refractivity contribution in [3.8, 4) is 11.1 Å². The summed E-state index contributed by atoms with van der Waals surface area (Å²) in [4.78, 5) is 42.1. The van der Waals surface area contributed by atoms with Crippen LogP contribution >= 0.6 is 0 Å². The zero-order valence-corrected chi connectivity index (χ0v) is 19.2. The minimum Gasteiger partial charge on any atom is -0.481 e. The van der Waals surface area contributed by atoms with Crippen LogP contribution in [-0.2, 0) is 9.53 Å². The molecule has 2 atom stereocenters. The number of likely N-dealkylation sites (tertiary alicyclic amines) is 1. The maximum absolute atomic E-state index is 12.7. The molecule has 1 saturated heterocycles. The normalized spacial score (nSPS) is 18.6. The van der Waals surface area contributed by atoms with E-state index in [4.69, 9.17) is 4.74 Å². The van der Waals surface area contributed by atoms with Crippen LogP contribution in [0.1, 0.15) is 34.5 Å². The van der Waals surface area contributed by atoms with Gasteiger partial charge < -0.3 is 14.7 Å². The van der Waals surface area contributed by atoms with Crippen molar-refractivity contribution in [1.82, 2.24) is 9.88 Å². The van der Waals surface area contributed by atoms with Gasteiger partial charge in [0, 0.05) is 19.0 Å². The minimum absolute atomic E-state index is 0.0382. The van der Waals surface area contributed by atoms with Crippen molar-refractivity contribution in [3.05, 3.63) is 83.7 Å². The number of fused-ring (bicyclic) bond motifs is 3. The molecular formula is C27H25N3O5. The Balaban J connectivity index is 1.19. The van der Waals surface area contributed by atoms with Gasteiger partial charge in [-0.05, 0) is 40.3 Å². The van der Waals surface area contributed by atoms with Gasteiger partial charge >= 0.3 is 12.1 Å². The first kappa shape index (κ1) is 22.6. The summed E-state index contributed by atoms with van der Waals surface area (Å²) < 4.78 is 5.54. The van der Waals surface area contributed by atoms with Crippen molar-refractivity contribution in [2.75, 3.05) is 25.0 Å². The first-order valence-corrected chi connectivity index (χ1v) is 11.5. The van der Waals surface area contributed by atoms with E-state index in [1.807, 2.05) is 31.2 Å². The van der Waals surface area contributed by atoms with Gasteiger partial charge in [0.25, 0.3) is 5.91 Å². The standard InChI is InChI=1S/C27H25N3O5/c1-16-13-30(14-22(16)26(32)33)25(31)24-11-10-17(12-28-24)29-27(34)35-15-23-20-8-4-2-6-18(20)19-7-3-5-9-21(19)23/h2-12,16,22-23H,13-15H2,1H3,(H,29,34)(H,32,33). The predicted molar refractivity (Wildman–Crippen MR) is 129 cm³/mol. The summed E-state index contributed by atoms with van der Waals surface area (Å²) in [5.74, 6) is -1.96. The maximum atomic E-state index is 12.7. The van der Waals surface area contributed by atoms with Crippen molar-refractivity contribution in [1.29, 1.82) is 0 Å². The summed E-state index contributed by atoms with van der Waals surface area (Å²) >= 11 is 0. The van der Waals surface area contributed by atoms with Crippen molar-refractivity contribution in [3.63, 3.8) is 0 Å². The number of aliphatic carboxylic acids is 1. The highest BCUT2D eigenvalue weighted by Gasteiger charge is 2.37. The number of hydrogen-bond donors (Lipinski definition) is 2. The molecule has 1 aliphatic carbocycles. The summed E-state index contributed by atoms with van der Waals surface area (Å²) in [6.07, 6.45) is 0.786. The van der Waals surface area contributed by atoms with E-state index >= 15 is 0 Å². The van der Waals surface area contributed by atoms with Crippen LogP contribution in [0.5, 0.6) is 0 Å². The fourth-order valence-electron chi connectivity index (χ4n) is 4.96. The second-order valence-electron chi connectivity index (χ2n) is 9.01. The lowest BCUT2D eigenvalue weighted by Gasteiger charge is -2.16. The van der Waals surface area contributed by atoms with Gasteiger partial charge in [0.05, 0.1) is 17.8 Å². The molecule has 2 N–H and O–H groups in total. The molecule has 3 aromatic rings. The number of benzene rings is 2. The first-order chi connectivity index (χ1) is 16.9. The molecule has 8 heteroatoms. The van der Waals surface area contributed by atoms with Crippen molar-refractivity contribution in [2.45, 2.75) is 12.8 Å². The number of amides is 2. The number of carbonyl (C=O) groups is 3. The zero-order chi connectivity index (χ0) is 24.5. The molecular weight excluding hydrogens is 446 g/mol. The Morgan fingerprint density at radius 3 is 2.23 bits per heavy atom. The topological polar surface area (TPSA) is 109 Å². The van der Waals surface area contributed by atoms with Gasteiger partial charge in [0.1, 0.15) is 12.3 Å². The van der Waals surface area contributed by atoms with E-state index in [1.54, 1.807) is 6.07 Å². The Bertz CT molecular complexity index is 1240. The van der Waals surface area contributed by atoms with Crippen molar-refractivity contribution in [2.24, 2.45) is 11.8 Å². The van der Waals surface area contributed by atoms with E-state index in [9.17, 15) is 19.5 Å². The van der Waals surface area contributed by atoms with E-state index in [-0.39, 0.29) is 36.6 Å². The van der Waals surface area contributed by atoms with Crippen LogP contribution in [-0.4, -0.2) is 52.7 Å². The third-order valence-electron chi connectivity index (χ3n) is 6.79. The number of anilines is 1. The Kier molecular flexibility index (Phi) is 5.94. The summed E-state index contributed by atoms with van der Waals surface area (Å²) in [6.45, 7) is 2.55. The average Bonchev–Trinajstić information content (AvgIpc) is 3.41. The van der Waals surface area contributed by atoms with Crippen LogP contribution in [0.3, 0.4) is 0 Å². The number of carboxylic acids is 1. The molecule has 1 fully saturated rings. The lowest BCUT2D eigenvalue weighted by Crippen LogP contribution is -2.30. The van der Waals surface area contributed by atoms with Crippen LogP contribution in [0.2, 0.25) is 0 Å². The summed E-state index contributed by atoms with van der Waals surface area (Å²) in [5, 5.41) is 11.9. The Morgan fingerprint density at radius 1 is 1.00 bits per heavy atom. The molecule has 1 aromatic heterocycles. The van der Waals surface area contributed by atoms with Gasteiger partial charge in [-0.25, -0.2) is 9.78 Å². The number of aromatic nitrogens is 1. The minimum atomic E-state index is -0.900. The van der Waals surface area contributed by atoms with Gasteiger partial charge in [-0.1, -0.05) is 55.5 Å². The first-order valence-electron chi connectivity index (χ1n) is 11.5. The molecule has 0 saturated carbocycles. The summed E-state index contributed by atoms with van der Waals surface area (Å²) in [6, 6.07) is 19.3. The van der Waals surface area contributed by atoms with Crippen LogP contribution in [0.25, 0.3) is 11.1 Å². The third-order valence-corrected chi connectivity index (χ3v) is 6.79. The van der Waals surface area contributed by atoms with Gasteiger partial charge in [-0.3, -0.25) is 14.9 Å². The van der Waals surface area contributed by atoms with Crippen LogP contribution in [0.4, 0.5) is 10.5 Å². The molecule has 35 heavy (non-hydrogen) atoms. The molecule has 178 valence electrons. The van der Waals surface area contributed by atoms with Crippen LogP contribution in [0.15, 0.2) is 66.9 Å².